The third kappa shape index (κ3) is 4.01. The fourth-order valence-corrected chi connectivity index (χ4v) is 4.91. The number of benzene rings is 1. The van der Waals surface area contributed by atoms with Crippen molar-refractivity contribution < 1.29 is 9.59 Å². The van der Waals surface area contributed by atoms with Crippen LogP contribution < -0.4 is 5.32 Å². The van der Waals surface area contributed by atoms with E-state index in [1.807, 2.05) is 16.4 Å². The van der Waals surface area contributed by atoms with Crippen LogP contribution in [0.3, 0.4) is 0 Å². The van der Waals surface area contributed by atoms with Gasteiger partial charge in [-0.1, -0.05) is 30.5 Å². The van der Waals surface area contributed by atoms with Crippen molar-refractivity contribution in [1.29, 1.82) is 0 Å². The summed E-state index contributed by atoms with van der Waals surface area (Å²) in [6.45, 7) is 3.05. The summed E-state index contributed by atoms with van der Waals surface area (Å²) < 4.78 is 1.89. The first-order valence-corrected chi connectivity index (χ1v) is 10.7. The number of amides is 2. The van der Waals surface area contributed by atoms with Crippen molar-refractivity contribution in [1.82, 2.24) is 25.0 Å². The highest BCUT2D eigenvalue weighted by molar-refractivity contribution is 6.31. The van der Waals surface area contributed by atoms with E-state index in [1.54, 1.807) is 30.6 Å². The van der Waals surface area contributed by atoms with E-state index < -0.39 is 6.04 Å². The number of carbonyl (C=O) groups excluding carboxylic acids is 2. The van der Waals surface area contributed by atoms with Crippen molar-refractivity contribution in [3.63, 3.8) is 0 Å². The van der Waals surface area contributed by atoms with Crippen LogP contribution in [0.15, 0.2) is 30.6 Å². The normalized spacial score (nSPS) is 23.7. The minimum atomic E-state index is -0.465. The van der Waals surface area contributed by atoms with E-state index in [4.69, 9.17) is 11.6 Å². The van der Waals surface area contributed by atoms with Gasteiger partial charge < -0.3 is 14.8 Å². The Morgan fingerprint density at radius 2 is 2.10 bits per heavy atom. The number of halogens is 1. The molecule has 0 spiro atoms. The Bertz CT molecular complexity index is 899. The molecule has 154 valence electrons. The summed E-state index contributed by atoms with van der Waals surface area (Å²) in [5.41, 5.74) is 0.534. The lowest BCUT2D eigenvalue weighted by molar-refractivity contribution is -0.125. The zero-order chi connectivity index (χ0) is 20.4. The zero-order valence-corrected chi connectivity index (χ0v) is 17.3. The van der Waals surface area contributed by atoms with Gasteiger partial charge in [-0.05, 0) is 50.3 Å². The minimum Gasteiger partial charge on any atom is -0.347 e. The average Bonchev–Trinajstić information content (AvgIpc) is 3.35. The van der Waals surface area contributed by atoms with E-state index in [-0.39, 0.29) is 17.9 Å². The van der Waals surface area contributed by atoms with E-state index in [0.717, 1.165) is 32.2 Å². The van der Waals surface area contributed by atoms with Crippen LogP contribution in [-0.4, -0.2) is 43.6 Å². The van der Waals surface area contributed by atoms with Gasteiger partial charge in [0.15, 0.2) is 5.82 Å². The Balaban J connectivity index is 1.54. The van der Waals surface area contributed by atoms with Crippen LogP contribution in [0.4, 0.5) is 0 Å². The average molecular weight is 416 g/mol. The number of hydrogen-bond donors (Lipinski definition) is 1. The summed E-state index contributed by atoms with van der Waals surface area (Å²) in [6.07, 6.45) is 6.63. The van der Waals surface area contributed by atoms with Gasteiger partial charge in [0.1, 0.15) is 12.4 Å². The number of aromatic nitrogens is 3. The number of rotatable bonds is 5. The maximum atomic E-state index is 13.4. The van der Waals surface area contributed by atoms with E-state index in [1.165, 1.54) is 0 Å². The van der Waals surface area contributed by atoms with Crippen LogP contribution >= 0.6 is 11.6 Å². The van der Waals surface area contributed by atoms with Gasteiger partial charge in [-0.3, -0.25) is 9.59 Å². The molecule has 29 heavy (non-hydrogen) atoms. The second-order valence-electron chi connectivity index (χ2n) is 7.84. The molecule has 1 saturated carbocycles. The van der Waals surface area contributed by atoms with Gasteiger partial charge in [-0.15, -0.1) is 10.2 Å². The molecule has 1 aromatic heterocycles. The molecule has 2 aliphatic rings. The maximum Gasteiger partial charge on any atom is 0.254 e. The van der Waals surface area contributed by atoms with E-state index >= 15 is 0 Å². The lowest BCUT2D eigenvalue weighted by Crippen LogP contribution is -2.49. The molecule has 2 aromatic rings. The first-order chi connectivity index (χ1) is 14.1. The highest BCUT2D eigenvalue weighted by Crippen LogP contribution is 2.40. The van der Waals surface area contributed by atoms with Crippen LogP contribution in [0.5, 0.6) is 0 Å². The highest BCUT2D eigenvalue weighted by atomic mass is 35.5. The summed E-state index contributed by atoms with van der Waals surface area (Å²) in [6, 6.07) is 6.62. The Kier molecular flexibility index (Phi) is 5.85. The van der Waals surface area contributed by atoms with Gasteiger partial charge >= 0.3 is 0 Å². The third-order valence-electron chi connectivity index (χ3n) is 6.15. The molecule has 1 N–H and O–H groups in total. The van der Waals surface area contributed by atoms with Crippen LogP contribution in [0, 0.1) is 5.92 Å². The van der Waals surface area contributed by atoms with Crippen molar-refractivity contribution in [3.05, 3.63) is 47.0 Å². The van der Waals surface area contributed by atoms with E-state index in [2.05, 4.69) is 15.5 Å². The van der Waals surface area contributed by atoms with Crippen LogP contribution in [0.1, 0.15) is 55.2 Å². The highest BCUT2D eigenvalue weighted by Gasteiger charge is 2.47. The van der Waals surface area contributed by atoms with Gasteiger partial charge in [-0.2, -0.15) is 0 Å². The van der Waals surface area contributed by atoms with Crippen molar-refractivity contribution in [3.8, 4) is 0 Å². The standard InChI is InChI=1S/C21H26ClN5O2/c1-2-26-13-24-25-19(26)12-23-20(28)18-11-14-6-3-4-9-17(14)27(18)21(29)15-7-5-8-16(22)10-15/h5,7-8,10,13-14,17-18H,2-4,6,9,11-12H2,1H3,(H,23,28)/t14-,17+,18+/m1/s1. The molecular formula is C21H26ClN5O2. The Morgan fingerprint density at radius 3 is 2.90 bits per heavy atom. The fourth-order valence-electron chi connectivity index (χ4n) is 4.72. The molecule has 0 radical (unpaired) electrons. The third-order valence-corrected chi connectivity index (χ3v) is 6.39. The second kappa shape index (κ2) is 8.53. The van der Waals surface area contributed by atoms with Crippen molar-refractivity contribution in [2.24, 2.45) is 5.92 Å². The number of hydrogen-bond acceptors (Lipinski definition) is 4. The molecule has 3 atom stereocenters. The summed E-state index contributed by atoms with van der Waals surface area (Å²) in [4.78, 5) is 28.3. The Hall–Kier alpha value is -2.41. The Labute approximate surface area is 175 Å². The fraction of sp³-hybridized carbons (Fsp3) is 0.524. The maximum absolute atomic E-state index is 13.4. The molecule has 2 heterocycles. The van der Waals surface area contributed by atoms with Gasteiger partial charge in [-0.25, -0.2) is 0 Å². The monoisotopic (exact) mass is 415 g/mol. The molecule has 1 aromatic carbocycles. The molecule has 0 unspecified atom stereocenters. The van der Waals surface area contributed by atoms with Gasteiger partial charge in [0.05, 0.1) is 6.54 Å². The molecule has 2 amide bonds. The van der Waals surface area contributed by atoms with Gasteiger partial charge in [0.25, 0.3) is 5.91 Å². The lowest BCUT2D eigenvalue weighted by atomic mass is 9.84. The molecule has 8 heteroatoms. The SMILES string of the molecule is CCn1cnnc1CNC(=O)[C@@H]1C[C@H]2CCCC[C@@H]2N1C(=O)c1cccc(Cl)c1. The van der Waals surface area contributed by atoms with Crippen molar-refractivity contribution in [2.45, 2.75) is 64.2 Å². The quantitative estimate of drug-likeness (QED) is 0.813. The number of aryl methyl sites for hydroxylation is 1. The summed E-state index contributed by atoms with van der Waals surface area (Å²) >= 11 is 6.10. The molecular weight excluding hydrogens is 390 g/mol. The lowest BCUT2D eigenvalue weighted by Gasteiger charge is -2.33. The summed E-state index contributed by atoms with van der Waals surface area (Å²) in [5.74, 6) is 0.852. The number of nitrogens with one attached hydrogen (secondary N) is 1. The molecule has 1 aliphatic heterocycles. The van der Waals surface area contributed by atoms with Crippen LogP contribution in [0.2, 0.25) is 5.02 Å². The van der Waals surface area contributed by atoms with Crippen molar-refractivity contribution >= 4 is 23.4 Å². The second-order valence-corrected chi connectivity index (χ2v) is 8.27. The molecule has 0 bridgehead atoms. The van der Waals surface area contributed by atoms with Gasteiger partial charge in [0, 0.05) is 23.2 Å². The minimum absolute atomic E-state index is 0.112. The molecule has 2 fully saturated rings. The van der Waals surface area contributed by atoms with Gasteiger partial charge in [0.2, 0.25) is 5.91 Å². The first kappa shape index (κ1) is 19.9. The van der Waals surface area contributed by atoms with Crippen LogP contribution in [0.25, 0.3) is 0 Å². The molecule has 7 nitrogen and oxygen atoms in total. The number of likely N-dealkylation sites (tertiary alicyclic amines) is 1. The van der Waals surface area contributed by atoms with E-state index in [0.29, 0.717) is 35.3 Å². The van der Waals surface area contributed by atoms with Crippen molar-refractivity contribution in [2.75, 3.05) is 0 Å². The summed E-state index contributed by atoms with van der Waals surface area (Å²) in [7, 11) is 0. The molecule has 1 aliphatic carbocycles. The predicted molar refractivity (Wildman–Crippen MR) is 109 cm³/mol. The number of nitrogens with zero attached hydrogens (tertiary/aromatic N) is 4. The van der Waals surface area contributed by atoms with Crippen LogP contribution in [-0.2, 0) is 17.9 Å². The van der Waals surface area contributed by atoms with E-state index in [9.17, 15) is 9.59 Å². The molecule has 1 saturated heterocycles. The predicted octanol–water partition coefficient (Wildman–Crippen LogP) is 3.04. The number of carbonyl (C=O) groups is 2. The summed E-state index contributed by atoms with van der Waals surface area (Å²) in [5, 5.41) is 11.5. The topological polar surface area (TPSA) is 80.1 Å². The Morgan fingerprint density at radius 1 is 1.28 bits per heavy atom. The smallest absolute Gasteiger partial charge is 0.254 e. The number of fused-ring (bicyclic) bond motifs is 1. The zero-order valence-electron chi connectivity index (χ0n) is 16.6. The first-order valence-electron chi connectivity index (χ1n) is 10.3. The molecule has 4 rings (SSSR count). The largest absolute Gasteiger partial charge is 0.347 e.